The van der Waals surface area contributed by atoms with Gasteiger partial charge in [0, 0.05) is 0 Å². The molecule has 0 aliphatic rings. The highest BCUT2D eigenvalue weighted by molar-refractivity contribution is 5.93. The number of nitrogens with one attached hydrogen (secondary N) is 1. The van der Waals surface area contributed by atoms with Crippen LogP contribution in [0.3, 0.4) is 0 Å². The summed E-state index contributed by atoms with van der Waals surface area (Å²) in [6.07, 6.45) is -4.56. The standard InChI is InChI=1S/C17H15F4NO3/c1-2-24-15-8-7-11(17(19,20)21)9-13(15)22-16(23)10-25-14-6-4-3-5-12(14)18/h3-9H,2,10H2,1H3,(H,22,23). The van der Waals surface area contributed by atoms with Gasteiger partial charge in [0.15, 0.2) is 18.2 Å². The van der Waals surface area contributed by atoms with Crippen molar-refractivity contribution in [2.75, 3.05) is 18.5 Å². The minimum Gasteiger partial charge on any atom is -0.492 e. The number of alkyl halides is 3. The zero-order valence-corrected chi connectivity index (χ0v) is 13.2. The van der Waals surface area contributed by atoms with Crippen molar-refractivity contribution in [3.8, 4) is 11.5 Å². The van der Waals surface area contributed by atoms with Crippen LogP contribution in [0.15, 0.2) is 42.5 Å². The maximum Gasteiger partial charge on any atom is 0.416 e. The molecule has 0 heterocycles. The topological polar surface area (TPSA) is 47.6 Å². The van der Waals surface area contributed by atoms with Gasteiger partial charge >= 0.3 is 6.18 Å². The number of benzene rings is 2. The predicted octanol–water partition coefficient (Wildman–Crippen LogP) is 4.26. The monoisotopic (exact) mass is 357 g/mol. The second-order valence-electron chi connectivity index (χ2n) is 4.91. The average Bonchev–Trinajstić information content (AvgIpc) is 2.55. The van der Waals surface area contributed by atoms with Crippen molar-refractivity contribution in [2.45, 2.75) is 13.1 Å². The van der Waals surface area contributed by atoms with Crippen LogP contribution < -0.4 is 14.8 Å². The SMILES string of the molecule is CCOc1ccc(C(F)(F)F)cc1NC(=O)COc1ccccc1F. The van der Waals surface area contributed by atoms with E-state index in [4.69, 9.17) is 9.47 Å². The highest BCUT2D eigenvalue weighted by atomic mass is 19.4. The number of rotatable bonds is 6. The van der Waals surface area contributed by atoms with E-state index >= 15 is 0 Å². The lowest BCUT2D eigenvalue weighted by atomic mass is 10.1. The molecule has 0 unspecified atom stereocenters. The zero-order chi connectivity index (χ0) is 18.4. The summed E-state index contributed by atoms with van der Waals surface area (Å²) in [4.78, 5) is 11.9. The highest BCUT2D eigenvalue weighted by Gasteiger charge is 2.31. The molecule has 0 spiro atoms. The van der Waals surface area contributed by atoms with Gasteiger partial charge in [0.05, 0.1) is 17.9 Å². The molecule has 0 aromatic heterocycles. The van der Waals surface area contributed by atoms with E-state index in [1.54, 1.807) is 6.92 Å². The van der Waals surface area contributed by atoms with E-state index in [1.807, 2.05) is 0 Å². The van der Waals surface area contributed by atoms with Crippen LogP contribution in [0.1, 0.15) is 12.5 Å². The maximum absolute atomic E-state index is 13.4. The van der Waals surface area contributed by atoms with Crippen molar-refractivity contribution < 1.29 is 31.8 Å². The van der Waals surface area contributed by atoms with E-state index in [-0.39, 0.29) is 23.8 Å². The molecule has 0 atom stereocenters. The quantitative estimate of drug-likeness (QED) is 0.786. The third-order valence-electron chi connectivity index (χ3n) is 3.08. The molecule has 25 heavy (non-hydrogen) atoms. The minimum absolute atomic E-state index is 0.0924. The second-order valence-corrected chi connectivity index (χ2v) is 4.91. The molecule has 0 radical (unpaired) electrons. The Kier molecular flexibility index (Phi) is 5.84. The van der Waals surface area contributed by atoms with Gasteiger partial charge in [-0.2, -0.15) is 13.2 Å². The minimum atomic E-state index is -4.56. The third-order valence-corrected chi connectivity index (χ3v) is 3.08. The normalized spacial score (nSPS) is 11.1. The van der Waals surface area contributed by atoms with Gasteiger partial charge in [0.2, 0.25) is 0 Å². The van der Waals surface area contributed by atoms with Gasteiger partial charge in [0.25, 0.3) is 5.91 Å². The lowest BCUT2D eigenvalue weighted by Crippen LogP contribution is -2.21. The average molecular weight is 357 g/mol. The molecule has 0 aliphatic carbocycles. The number of hydrogen-bond donors (Lipinski definition) is 1. The molecular formula is C17H15F4NO3. The molecule has 0 saturated carbocycles. The van der Waals surface area contributed by atoms with Crippen LogP contribution in [0.2, 0.25) is 0 Å². The van der Waals surface area contributed by atoms with E-state index in [1.165, 1.54) is 18.2 Å². The van der Waals surface area contributed by atoms with Crippen molar-refractivity contribution in [3.05, 3.63) is 53.8 Å². The number of anilines is 1. The van der Waals surface area contributed by atoms with E-state index in [2.05, 4.69) is 5.32 Å². The van der Waals surface area contributed by atoms with Gasteiger partial charge in [-0.1, -0.05) is 12.1 Å². The molecule has 8 heteroatoms. The fraction of sp³-hybridized carbons (Fsp3) is 0.235. The number of ether oxygens (including phenoxy) is 2. The smallest absolute Gasteiger partial charge is 0.416 e. The summed E-state index contributed by atoms with van der Waals surface area (Å²) in [5.41, 5.74) is -1.07. The van der Waals surface area contributed by atoms with E-state index in [9.17, 15) is 22.4 Å². The molecule has 0 saturated heterocycles. The first-order chi connectivity index (χ1) is 11.8. The molecule has 1 amide bonds. The molecule has 0 aliphatic heterocycles. The summed E-state index contributed by atoms with van der Waals surface area (Å²) < 4.78 is 62.1. The Balaban J connectivity index is 2.11. The third kappa shape index (κ3) is 5.10. The van der Waals surface area contributed by atoms with Crippen LogP contribution in [0.4, 0.5) is 23.2 Å². The number of para-hydroxylation sites is 1. The number of halogens is 4. The van der Waals surface area contributed by atoms with Crippen LogP contribution in [-0.2, 0) is 11.0 Å². The zero-order valence-electron chi connectivity index (χ0n) is 13.2. The Bertz CT molecular complexity index is 747. The van der Waals surface area contributed by atoms with Crippen LogP contribution in [0, 0.1) is 5.82 Å². The highest BCUT2D eigenvalue weighted by Crippen LogP contribution is 2.35. The van der Waals surface area contributed by atoms with Crippen molar-refractivity contribution in [2.24, 2.45) is 0 Å². The molecule has 0 fully saturated rings. The lowest BCUT2D eigenvalue weighted by Gasteiger charge is -2.15. The Morgan fingerprint density at radius 2 is 1.80 bits per heavy atom. The molecule has 1 N–H and O–H groups in total. The lowest BCUT2D eigenvalue weighted by molar-refractivity contribution is -0.137. The summed E-state index contributed by atoms with van der Waals surface area (Å²) in [6, 6.07) is 8.23. The van der Waals surface area contributed by atoms with Crippen molar-refractivity contribution in [1.29, 1.82) is 0 Å². The number of carbonyl (C=O) groups is 1. The van der Waals surface area contributed by atoms with Gasteiger partial charge in [-0.25, -0.2) is 4.39 Å². The number of hydrogen-bond acceptors (Lipinski definition) is 3. The van der Waals surface area contributed by atoms with Crippen LogP contribution in [0.25, 0.3) is 0 Å². The summed E-state index contributed by atoms with van der Waals surface area (Å²) in [5.74, 6) is -1.44. The van der Waals surface area contributed by atoms with Crippen LogP contribution in [0.5, 0.6) is 11.5 Å². The maximum atomic E-state index is 13.4. The molecule has 4 nitrogen and oxygen atoms in total. The molecule has 134 valence electrons. The molecule has 2 aromatic carbocycles. The van der Waals surface area contributed by atoms with Crippen molar-refractivity contribution >= 4 is 11.6 Å². The number of carbonyl (C=O) groups excluding carboxylic acids is 1. The Hall–Kier alpha value is -2.77. The Morgan fingerprint density at radius 1 is 1.08 bits per heavy atom. The molecule has 0 bridgehead atoms. The fourth-order valence-electron chi connectivity index (χ4n) is 1.98. The van der Waals surface area contributed by atoms with Gasteiger partial charge in [-0.3, -0.25) is 4.79 Å². The Labute approximate surface area is 141 Å². The van der Waals surface area contributed by atoms with Crippen molar-refractivity contribution in [3.63, 3.8) is 0 Å². The first-order valence-corrected chi connectivity index (χ1v) is 7.32. The molecule has 2 rings (SSSR count). The molecular weight excluding hydrogens is 342 g/mol. The van der Waals surface area contributed by atoms with E-state index in [0.717, 1.165) is 24.3 Å². The first-order valence-electron chi connectivity index (χ1n) is 7.32. The van der Waals surface area contributed by atoms with Crippen LogP contribution in [-0.4, -0.2) is 19.1 Å². The van der Waals surface area contributed by atoms with Gasteiger partial charge in [0.1, 0.15) is 5.75 Å². The summed E-state index contributed by atoms with van der Waals surface area (Å²) in [5, 5.41) is 2.29. The summed E-state index contributed by atoms with van der Waals surface area (Å²) in [6.45, 7) is 1.30. The Morgan fingerprint density at radius 3 is 2.44 bits per heavy atom. The summed E-state index contributed by atoms with van der Waals surface area (Å²) in [7, 11) is 0. The van der Waals surface area contributed by atoms with E-state index in [0.29, 0.717) is 0 Å². The fourth-order valence-corrected chi connectivity index (χ4v) is 1.98. The largest absolute Gasteiger partial charge is 0.492 e. The summed E-state index contributed by atoms with van der Waals surface area (Å²) >= 11 is 0. The van der Waals surface area contributed by atoms with E-state index < -0.39 is 30.1 Å². The molecule has 2 aromatic rings. The van der Waals surface area contributed by atoms with Gasteiger partial charge in [-0.15, -0.1) is 0 Å². The van der Waals surface area contributed by atoms with Gasteiger partial charge in [-0.05, 0) is 37.3 Å². The van der Waals surface area contributed by atoms with Crippen molar-refractivity contribution in [1.82, 2.24) is 0 Å². The van der Waals surface area contributed by atoms with Crippen LogP contribution >= 0.6 is 0 Å². The van der Waals surface area contributed by atoms with Gasteiger partial charge < -0.3 is 14.8 Å². The predicted molar refractivity (Wildman–Crippen MR) is 83.1 cm³/mol. The number of amides is 1. The second kappa shape index (κ2) is 7.87. The first kappa shape index (κ1) is 18.6.